The molecule has 0 fully saturated rings. The van der Waals surface area contributed by atoms with Gasteiger partial charge in [0.05, 0.1) is 5.69 Å². The fraction of sp³-hybridized carbons (Fsp3) is 0.537. The first-order chi connectivity index (χ1) is 21.4. The largest absolute Gasteiger partial charge is 4.00 e. The predicted octanol–water partition coefficient (Wildman–Crippen LogP) is 7.11. The van der Waals surface area contributed by atoms with Crippen LogP contribution in [-0.4, -0.2) is 18.4 Å². The molecule has 2 aliphatic carbocycles. The first-order valence-corrected chi connectivity index (χ1v) is 17.1. The van der Waals surface area contributed by atoms with Crippen LogP contribution in [0.25, 0.3) is 11.1 Å². The van der Waals surface area contributed by atoms with Crippen LogP contribution < -0.4 is 20.4 Å². The first-order valence-electron chi connectivity index (χ1n) is 17.1. The minimum atomic E-state index is -0.417. The Morgan fingerprint density at radius 3 is 1.62 bits per heavy atom. The van der Waals surface area contributed by atoms with Crippen LogP contribution in [0.3, 0.4) is 0 Å². The van der Waals surface area contributed by atoms with Crippen molar-refractivity contribution in [2.75, 3.05) is 0 Å². The Morgan fingerprint density at radius 1 is 0.660 bits per heavy atom. The molecule has 0 heterocycles. The second-order valence-electron chi connectivity index (χ2n) is 15.4. The van der Waals surface area contributed by atoms with E-state index < -0.39 is 12.2 Å². The fourth-order valence-corrected chi connectivity index (χ4v) is 6.16. The normalized spacial score (nSPS) is 14.4. The number of nitrogens with zero attached hydrogens (tertiary/aromatic N) is 1. The van der Waals surface area contributed by atoms with E-state index in [1.807, 2.05) is 12.1 Å². The summed E-state index contributed by atoms with van der Waals surface area (Å²) >= 11 is 0. The van der Waals surface area contributed by atoms with E-state index in [-0.39, 0.29) is 44.0 Å². The molecule has 0 atom stereocenters. The molecule has 0 aliphatic heterocycles. The van der Waals surface area contributed by atoms with Crippen LogP contribution >= 0.6 is 0 Å². The van der Waals surface area contributed by atoms with Crippen LogP contribution in [0.15, 0.2) is 41.4 Å². The topological polar surface area (TPSA) is 105 Å². The van der Waals surface area contributed by atoms with Gasteiger partial charge < -0.3 is 20.4 Å². The van der Waals surface area contributed by atoms with Gasteiger partial charge in [-0.05, 0) is 113 Å². The van der Waals surface area contributed by atoms with Gasteiger partial charge in [0.15, 0.2) is 0 Å². The van der Waals surface area contributed by atoms with Crippen LogP contribution in [0.2, 0.25) is 0 Å². The number of hydrogen-bond acceptors (Lipinski definition) is 5. The number of hydrogen-bond donors (Lipinski definition) is 0. The minimum Gasteiger partial charge on any atom is -0.872 e. The van der Waals surface area contributed by atoms with Crippen molar-refractivity contribution >= 4 is 11.9 Å². The first kappa shape index (κ1) is 40.7. The average molecular weight is 674 g/mol. The van der Waals surface area contributed by atoms with Crippen molar-refractivity contribution in [3.8, 4) is 22.6 Å². The van der Waals surface area contributed by atoms with Gasteiger partial charge >= 0.3 is 21.7 Å². The molecule has 0 spiro atoms. The van der Waals surface area contributed by atoms with Gasteiger partial charge in [-0.25, -0.2) is 0 Å². The smallest absolute Gasteiger partial charge is 0.872 e. The van der Waals surface area contributed by atoms with E-state index in [1.54, 1.807) is 40.0 Å². The zero-order chi connectivity index (χ0) is 34.4. The van der Waals surface area contributed by atoms with Gasteiger partial charge in [-0.1, -0.05) is 105 Å². The molecule has 0 saturated carbocycles. The molecule has 3 aromatic carbocycles. The molecular weight excluding hydrogens is 618 g/mol. The zero-order valence-corrected chi connectivity index (χ0v) is 32.0. The van der Waals surface area contributed by atoms with Crippen molar-refractivity contribution < 1.29 is 42.1 Å². The summed E-state index contributed by atoms with van der Waals surface area (Å²) < 4.78 is 0. The summed E-state index contributed by atoms with van der Waals surface area (Å²) in [6.45, 7) is 19.2. The molecular formula is C41H55NO4Ti. The van der Waals surface area contributed by atoms with Crippen LogP contribution in [0.4, 0.5) is 5.69 Å². The molecule has 0 N–H and O–H groups in total. The van der Waals surface area contributed by atoms with E-state index in [4.69, 9.17) is 4.99 Å². The van der Waals surface area contributed by atoms with Crippen molar-refractivity contribution in [2.45, 2.75) is 144 Å². The monoisotopic (exact) mass is 673 g/mol. The molecule has 47 heavy (non-hydrogen) atoms. The molecule has 0 saturated heterocycles. The Morgan fingerprint density at radius 2 is 1.13 bits per heavy atom. The number of fused-ring (bicyclic) bond motifs is 2. The van der Waals surface area contributed by atoms with Gasteiger partial charge in [0.2, 0.25) is 0 Å². The van der Waals surface area contributed by atoms with Gasteiger partial charge in [-0.15, -0.1) is 18.0 Å². The molecule has 3 aromatic rings. The van der Waals surface area contributed by atoms with Crippen molar-refractivity contribution in [1.29, 1.82) is 0 Å². The summed E-state index contributed by atoms with van der Waals surface area (Å²) in [6.07, 6.45) is 9.51. The average Bonchev–Trinajstić information content (AvgIpc) is 2.95. The molecule has 252 valence electrons. The van der Waals surface area contributed by atoms with E-state index >= 15 is 0 Å². The molecule has 5 nitrogen and oxygen atoms in total. The Bertz CT molecular complexity index is 1500. The van der Waals surface area contributed by atoms with Gasteiger partial charge in [-0.2, -0.15) is 0 Å². The number of aliphatic imine (C=N–C) groups is 1. The Labute approximate surface area is 299 Å². The Kier molecular flexibility index (Phi) is 15.0. The van der Waals surface area contributed by atoms with Gasteiger partial charge in [0, 0.05) is 11.8 Å². The second-order valence-corrected chi connectivity index (χ2v) is 15.4. The fourth-order valence-electron chi connectivity index (χ4n) is 6.16. The van der Waals surface area contributed by atoms with Crippen molar-refractivity contribution in [2.24, 2.45) is 4.99 Å². The maximum Gasteiger partial charge on any atom is 4.00 e. The molecule has 5 rings (SSSR count). The molecule has 0 bridgehead atoms. The minimum absolute atomic E-state index is 0. The third kappa shape index (κ3) is 11.0. The summed E-state index contributed by atoms with van der Waals surface area (Å²) in [6, 6.07) is 12.1. The van der Waals surface area contributed by atoms with Gasteiger partial charge in [0.25, 0.3) is 0 Å². The van der Waals surface area contributed by atoms with Crippen LogP contribution in [0, 0.1) is 0 Å². The number of benzene rings is 3. The van der Waals surface area contributed by atoms with E-state index in [9.17, 15) is 20.4 Å². The maximum absolute atomic E-state index is 13.6. The number of aryl methyl sites for hydroxylation is 2. The molecule has 0 unspecified atom stereocenters. The summed E-state index contributed by atoms with van der Waals surface area (Å²) in [5.74, 6) is 0.130. The Balaban J connectivity index is 0.000000769. The summed E-state index contributed by atoms with van der Waals surface area (Å²) in [5.41, 5.74) is 10.0. The molecule has 0 aromatic heterocycles. The van der Waals surface area contributed by atoms with Gasteiger partial charge in [0.1, 0.15) is 0 Å². The Hall–Kier alpha value is -2.44. The van der Waals surface area contributed by atoms with E-state index in [0.717, 1.165) is 66.5 Å². The quantitative estimate of drug-likeness (QED) is 0.218. The summed E-state index contributed by atoms with van der Waals surface area (Å²) in [5, 5.41) is 46.1. The second kappa shape index (κ2) is 17.3. The van der Waals surface area contributed by atoms with E-state index in [0.29, 0.717) is 5.56 Å². The van der Waals surface area contributed by atoms with Crippen molar-refractivity contribution in [3.05, 3.63) is 75.3 Å². The third-order valence-electron chi connectivity index (χ3n) is 8.39. The molecule has 6 heteroatoms. The molecule has 2 aliphatic rings. The molecule has 0 amide bonds. The van der Waals surface area contributed by atoms with Crippen molar-refractivity contribution in [3.63, 3.8) is 0 Å². The zero-order valence-electron chi connectivity index (χ0n) is 30.4. The third-order valence-corrected chi connectivity index (χ3v) is 8.39. The maximum atomic E-state index is 13.6. The molecule has 0 radical (unpaired) electrons. The van der Waals surface area contributed by atoms with E-state index in [1.165, 1.54) is 35.1 Å². The SMILES string of the molecule is CC(C)(C)c1cc(C=Nc2ccc3c(c2-c2c([O-])ccc4c2CCCC4)CCCC3)c([O-])c(C(C)(C)C)c1.CC(C)[O-].CC(C)[O-].[Ti+4]. The van der Waals surface area contributed by atoms with Crippen LogP contribution in [0.1, 0.15) is 134 Å². The van der Waals surface area contributed by atoms with Crippen molar-refractivity contribution in [1.82, 2.24) is 0 Å². The van der Waals surface area contributed by atoms with Crippen LogP contribution in [0.5, 0.6) is 11.5 Å². The predicted molar refractivity (Wildman–Crippen MR) is 185 cm³/mol. The van der Waals surface area contributed by atoms with Crippen LogP contribution in [-0.2, 0) is 58.2 Å². The standard InChI is InChI=1S/C35H43NO2.2C3H7O.Ti/c1-34(2,3)25-19-24(33(38)28(20-25)35(4,5)6)21-36-29-17-15-22-11-7-9-13-26(22)31(29)32-27-14-10-8-12-23(27)16-18-30(32)37;2*1-3(2)4;/h15-21,37-38H,7-14H2,1-6H3;2*3H,1-2H3;/q;2*-1;+4/p-2. The summed E-state index contributed by atoms with van der Waals surface area (Å²) in [7, 11) is 0. The van der Waals surface area contributed by atoms with Gasteiger partial charge in [-0.3, -0.25) is 4.99 Å². The van der Waals surface area contributed by atoms with E-state index in [2.05, 4.69) is 59.7 Å². The summed E-state index contributed by atoms with van der Waals surface area (Å²) in [4.78, 5) is 4.99. The number of rotatable bonds is 3.